The van der Waals surface area contributed by atoms with E-state index in [0.717, 1.165) is 12.1 Å². The van der Waals surface area contributed by atoms with Gasteiger partial charge in [-0.2, -0.15) is 0 Å². The number of imide groups is 1. The Labute approximate surface area is 185 Å². The quantitative estimate of drug-likeness (QED) is 0.453. The summed E-state index contributed by atoms with van der Waals surface area (Å²) in [7, 11) is 0. The maximum Gasteiger partial charge on any atom is 0.322 e. The fraction of sp³-hybridized carbons (Fsp3) is 0.136. The normalized spacial score (nSPS) is 19.1. The molecule has 2 aromatic carbocycles. The highest BCUT2D eigenvalue weighted by Crippen LogP contribution is 2.31. The molecular weight excluding hydrogens is 434 g/mol. The lowest BCUT2D eigenvalue weighted by Gasteiger charge is -2.21. The molecule has 166 valence electrons. The van der Waals surface area contributed by atoms with Crippen LogP contribution in [0.1, 0.15) is 28.5 Å². The molecule has 0 aliphatic carbocycles. The minimum Gasteiger partial charge on any atom is -0.346 e. The summed E-state index contributed by atoms with van der Waals surface area (Å²) in [6.45, 7) is 1.67. The van der Waals surface area contributed by atoms with Crippen LogP contribution in [0.15, 0.2) is 42.5 Å². The fourth-order valence-electron chi connectivity index (χ4n) is 3.81. The summed E-state index contributed by atoms with van der Waals surface area (Å²) in [4.78, 5) is 44.4. The number of nitrogens with zero attached hydrogens (tertiary/aromatic N) is 2. The molecule has 2 aliphatic heterocycles. The molecule has 0 radical (unpaired) electrons. The highest BCUT2D eigenvalue weighted by Gasteiger charge is 2.43. The Bertz CT molecular complexity index is 1320. The van der Waals surface area contributed by atoms with E-state index in [2.05, 4.69) is 31.2 Å². The Morgan fingerprint density at radius 3 is 2.30 bits per heavy atom. The van der Waals surface area contributed by atoms with Crippen LogP contribution in [-0.2, 0) is 16.9 Å². The second-order valence-electron chi connectivity index (χ2n) is 7.73. The van der Waals surface area contributed by atoms with Gasteiger partial charge in [0, 0.05) is 5.69 Å². The number of fused-ring (bicyclic) bond motifs is 1. The summed E-state index contributed by atoms with van der Waals surface area (Å²) in [5.41, 5.74) is -0.0994. The molecule has 1 saturated heterocycles. The van der Waals surface area contributed by atoms with Crippen molar-refractivity contribution in [3.63, 3.8) is 0 Å². The number of rotatable bonds is 4. The van der Waals surface area contributed by atoms with Gasteiger partial charge >= 0.3 is 6.03 Å². The zero-order valence-corrected chi connectivity index (χ0v) is 17.1. The number of hydrogen-bond donors (Lipinski definition) is 4. The number of nitrogens with one attached hydrogen (secondary N) is 4. The van der Waals surface area contributed by atoms with Crippen molar-refractivity contribution < 1.29 is 23.2 Å². The predicted octanol–water partition coefficient (Wildman–Crippen LogP) is 2.46. The van der Waals surface area contributed by atoms with E-state index in [-0.39, 0.29) is 23.8 Å². The van der Waals surface area contributed by atoms with Crippen LogP contribution in [0.3, 0.4) is 0 Å². The number of amides is 4. The van der Waals surface area contributed by atoms with Crippen LogP contribution in [0.25, 0.3) is 11.4 Å². The van der Waals surface area contributed by atoms with Crippen LogP contribution in [0.2, 0.25) is 0 Å². The van der Waals surface area contributed by atoms with Gasteiger partial charge in [-0.1, -0.05) is 18.2 Å². The highest BCUT2D eigenvalue weighted by molar-refractivity contribution is 6.07. The molecule has 33 heavy (non-hydrogen) atoms. The molecule has 4 N–H and O–H groups in total. The summed E-state index contributed by atoms with van der Waals surface area (Å²) >= 11 is 0. The molecule has 0 spiro atoms. The number of hydrogen-bond acceptors (Lipinski definition) is 6. The largest absolute Gasteiger partial charge is 0.346 e. The lowest BCUT2D eigenvalue weighted by Crippen LogP contribution is -2.40. The second-order valence-corrected chi connectivity index (χ2v) is 7.73. The average molecular weight is 450 g/mol. The molecule has 11 heteroatoms. The lowest BCUT2D eigenvalue weighted by atomic mass is 9.92. The third kappa shape index (κ3) is 3.34. The molecule has 1 fully saturated rings. The Morgan fingerprint density at radius 2 is 1.67 bits per heavy atom. The maximum atomic E-state index is 14.3. The molecule has 3 heterocycles. The Hall–Kier alpha value is -4.41. The molecule has 5 rings (SSSR count). The van der Waals surface area contributed by atoms with E-state index in [4.69, 9.17) is 0 Å². The van der Waals surface area contributed by atoms with E-state index < -0.39 is 40.6 Å². The van der Waals surface area contributed by atoms with Crippen LogP contribution in [0.4, 0.5) is 25.1 Å². The molecule has 9 nitrogen and oxygen atoms in total. The first-order valence-electron chi connectivity index (χ1n) is 9.91. The maximum absolute atomic E-state index is 14.3. The van der Waals surface area contributed by atoms with Gasteiger partial charge in [0.25, 0.3) is 11.8 Å². The van der Waals surface area contributed by atoms with E-state index >= 15 is 0 Å². The molecule has 3 aromatic rings. The summed E-state index contributed by atoms with van der Waals surface area (Å²) in [5.74, 6) is -2.66. The van der Waals surface area contributed by atoms with Crippen molar-refractivity contribution in [2.75, 3.05) is 5.32 Å². The highest BCUT2D eigenvalue weighted by atomic mass is 19.1. The van der Waals surface area contributed by atoms with Gasteiger partial charge < -0.3 is 16.0 Å². The fourth-order valence-corrected chi connectivity index (χ4v) is 3.81. The molecule has 2 aliphatic rings. The zero-order valence-electron chi connectivity index (χ0n) is 17.1. The minimum absolute atomic E-state index is 0.0820. The molecule has 1 atom stereocenters. The summed E-state index contributed by atoms with van der Waals surface area (Å²) in [6.07, 6.45) is 0. The van der Waals surface area contributed by atoms with Gasteiger partial charge in [0.2, 0.25) is 0 Å². The molecule has 0 bridgehead atoms. The average Bonchev–Trinajstić information content (AvgIpc) is 3.27. The smallest absolute Gasteiger partial charge is 0.322 e. The van der Waals surface area contributed by atoms with Crippen molar-refractivity contribution in [3.8, 4) is 11.4 Å². The zero-order chi connectivity index (χ0) is 23.3. The molecule has 1 aromatic heterocycles. The summed E-state index contributed by atoms with van der Waals surface area (Å²) < 4.78 is 28.7. The minimum atomic E-state index is -1.22. The predicted molar refractivity (Wildman–Crippen MR) is 112 cm³/mol. The number of anilines is 2. The van der Waals surface area contributed by atoms with Crippen LogP contribution in [0.5, 0.6) is 0 Å². The van der Waals surface area contributed by atoms with E-state index in [1.165, 1.54) is 6.07 Å². The number of urea groups is 1. The molecular formula is C22H16F2N6O3. The van der Waals surface area contributed by atoms with Gasteiger partial charge in [-0.15, -0.1) is 0 Å². The summed E-state index contributed by atoms with van der Waals surface area (Å²) in [5, 5.41) is 10.4. The second kappa shape index (κ2) is 7.33. The van der Waals surface area contributed by atoms with Gasteiger partial charge in [0.15, 0.2) is 5.82 Å². The van der Waals surface area contributed by atoms with E-state index in [1.54, 1.807) is 31.2 Å². The van der Waals surface area contributed by atoms with Gasteiger partial charge in [-0.3, -0.25) is 14.9 Å². The van der Waals surface area contributed by atoms with E-state index in [1.807, 2.05) is 0 Å². The van der Waals surface area contributed by atoms with E-state index in [9.17, 15) is 23.2 Å². The van der Waals surface area contributed by atoms with Crippen molar-refractivity contribution >= 4 is 29.4 Å². The number of halogens is 2. The topological polar surface area (TPSA) is 125 Å². The van der Waals surface area contributed by atoms with Gasteiger partial charge in [0.1, 0.15) is 28.6 Å². The number of benzene rings is 2. The Kier molecular flexibility index (Phi) is 4.55. The monoisotopic (exact) mass is 450 g/mol. The van der Waals surface area contributed by atoms with Crippen molar-refractivity contribution in [2.24, 2.45) is 0 Å². The van der Waals surface area contributed by atoms with Gasteiger partial charge in [-0.05, 0) is 36.8 Å². The van der Waals surface area contributed by atoms with Crippen molar-refractivity contribution in [2.45, 2.75) is 19.0 Å². The van der Waals surface area contributed by atoms with Crippen molar-refractivity contribution in [1.82, 2.24) is 25.9 Å². The van der Waals surface area contributed by atoms with Crippen LogP contribution in [-0.4, -0.2) is 27.8 Å². The first kappa shape index (κ1) is 20.5. The Morgan fingerprint density at radius 1 is 0.970 bits per heavy atom. The number of carbonyl (C=O) groups excluding carboxylic acids is 3. The standard InChI is InChI=1S/C22H16F2N6O3/c1-22(20(32)29-21(33)30-22)10-5-7-11(8-6-10)26-18-16-14(9-25-19(16)31)27-17(28-18)15-12(23)3-2-4-13(15)24/h2-8H,9H2,1H3,(H,25,31)(H,26,27,28)(H2,29,30,32,33)/t22-/m0/s1. The molecule has 4 amide bonds. The summed E-state index contributed by atoms with van der Waals surface area (Å²) in [6, 6.07) is 9.37. The Balaban J connectivity index is 1.52. The molecule has 0 saturated carbocycles. The van der Waals surface area contributed by atoms with Gasteiger partial charge in [-0.25, -0.2) is 23.5 Å². The first-order valence-corrected chi connectivity index (χ1v) is 9.91. The third-order valence-corrected chi connectivity index (χ3v) is 5.58. The first-order chi connectivity index (χ1) is 15.8. The number of carbonyl (C=O) groups is 3. The SMILES string of the molecule is C[C@@]1(c2ccc(Nc3nc(-c4c(F)cccc4F)nc4c3C(=O)NC4)cc2)NC(=O)NC1=O. The van der Waals surface area contributed by atoms with Crippen molar-refractivity contribution in [1.29, 1.82) is 0 Å². The van der Waals surface area contributed by atoms with E-state index in [0.29, 0.717) is 16.9 Å². The third-order valence-electron chi connectivity index (χ3n) is 5.58. The lowest BCUT2D eigenvalue weighted by molar-refractivity contribution is -0.123. The van der Waals surface area contributed by atoms with Gasteiger partial charge in [0.05, 0.1) is 17.8 Å². The van der Waals surface area contributed by atoms with Crippen LogP contribution < -0.4 is 21.3 Å². The van der Waals surface area contributed by atoms with Crippen molar-refractivity contribution in [3.05, 3.63) is 70.9 Å². The van der Waals surface area contributed by atoms with Crippen LogP contribution >= 0.6 is 0 Å². The number of aromatic nitrogens is 2. The molecule has 0 unspecified atom stereocenters. The van der Waals surface area contributed by atoms with Crippen LogP contribution in [0, 0.1) is 11.6 Å².